The van der Waals surface area contributed by atoms with Crippen molar-refractivity contribution >= 4 is 28.7 Å². The van der Waals surface area contributed by atoms with E-state index in [1.807, 2.05) is 11.4 Å². The van der Waals surface area contributed by atoms with Gasteiger partial charge in [0.2, 0.25) is 0 Å². The predicted octanol–water partition coefficient (Wildman–Crippen LogP) is 4.20. The maximum atomic E-state index is 12.5. The quantitative estimate of drug-likeness (QED) is 0.806. The maximum absolute atomic E-state index is 12.5. The molecule has 128 valence electrons. The van der Waals surface area contributed by atoms with E-state index in [0.717, 1.165) is 36.7 Å². The number of carbonyl (C=O) groups excluding carboxylic acids is 1. The minimum absolute atomic E-state index is 0.162. The molecule has 23 heavy (non-hydrogen) atoms. The normalized spacial score (nSPS) is 27.2. The van der Waals surface area contributed by atoms with E-state index in [-0.39, 0.29) is 11.7 Å². The standard InChI is InChI=1S/C18H27ClN2OS/c19-16-8-12-23-18(16)17(22)14-6-10-21(11-7-14)9-5-13-1-3-15(20)4-2-13/h8,12-15H,1-7,9-11,20H2. The smallest absolute Gasteiger partial charge is 0.177 e. The van der Waals surface area contributed by atoms with Crippen LogP contribution in [0.5, 0.6) is 0 Å². The van der Waals surface area contributed by atoms with Crippen molar-refractivity contribution in [1.29, 1.82) is 0 Å². The summed E-state index contributed by atoms with van der Waals surface area (Å²) in [7, 11) is 0. The molecule has 3 rings (SSSR count). The topological polar surface area (TPSA) is 46.3 Å². The zero-order valence-electron chi connectivity index (χ0n) is 13.7. The van der Waals surface area contributed by atoms with Gasteiger partial charge in [0.15, 0.2) is 5.78 Å². The molecule has 0 amide bonds. The van der Waals surface area contributed by atoms with Crippen LogP contribution in [0.15, 0.2) is 11.4 Å². The first kappa shape index (κ1) is 17.4. The molecular weight excluding hydrogens is 328 g/mol. The Kier molecular flexibility index (Phi) is 6.13. The average Bonchev–Trinajstić information content (AvgIpc) is 3.00. The Morgan fingerprint density at radius 1 is 1.22 bits per heavy atom. The SMILES string of the molecule is NC1CCC(CCN2CCC(C(=O)c3sccc3Cl)CC2)CC1. The van der Waals surface area contributed by atoms with Crippen LogP contribution < -0.4 is 5.73 Å². The number of ketones is 1. The number of piperidine rings is 1. The number of hydrogen-bond acceptors (Lipinski definition) is 4. The molecule has 0 bridgehead atoms. The summed E-state index contributed by atoms with van der Waals surface area (Å²) in [6.07, 6.45) is 8.24. The van der Waals surface area contributed by atoms with Crippen molar-refractivity contribution in [2.75, 3.05) is 19.6 Å². The number of thiophene rings is 1. The van der Waals surface area contributed by atoms with Crippen LogP contribution in [0.3, 0.4) is 0 Å². The summed E-state index contributed by atoms with van der Waals surface area (Å²) in [5.41, 5.74) is 5.98. The van der Waals surface area contributed by atoms with E-state index in [1.165, 1.54) is 50.0 Å². The highest BCUT2D eigenvalue weighted by atomic mass is 35.5. The summed E-state index contributed by atoms with van der Waals surface area (Å²) in [5, 5.41) is 2.53. The molecule has 2 aliphatic rings. The number of hydrogen-bond donors (Lipinski definition) is 1. The molecule has 2 fully saturated rings. The van der Waals surface area contributed by atoms with Gasteiger partial charge in [0, 0.05) is 12.0 Å². The van der Waals surface area contributed by atoms with Gasteiger partial charge in [-0.3, -0.25) is 4.79 Å². The van der Waals surface area contributed by atoms with E-state index in [9.17, 15) is 4.79 Å². The van der Waals surface area contributed by atoms with Gasteiger partial charge in [-0.25, -0.2) is 0 Å². The molecular formula is C18H27ClN2OS. The maximum Gasteiger partial charge on any atom is 0.177 e. The van der Waals surface area contributed by atoms with E-state index in [1.54, 1.807) is 0 Å². The number of rotatable bonds is 5. The molecule has 0 atom stereocenters. The van der Waals surface area contributed by atoms with Gasteiger partial charge < -0.3 is 10.6 Å². The van der Waals surface area contributed by atoms with Crippen LogP contribution in [-0.4, -0.2) is 36.4 Å². The van der Waals surface area contributed by atoms with Gasteiger partial charge in [-0.2, -0.15) is 0 Å². The third-order valence-corrected chi connectivity index (χ3v) is 6.90. The molecule has 1 aliphatic carbocycles. The fourth-order valence-corrected chi connectivity index (χ4v) is 5.08. The number of Topliss-reactive ketones (excluding diaryl/α,β-unsaturated/α-hetero) is 1. The van der Waals surface area contributed by atoms with Gasteiger partial charge in [0.1, 0.15) is 0 Å². The largest absolute Gasteiger partial charge is 0.328 e. The second kappa shape index (κ2) is 8.11. The van der Waals surface area contributed by atoms with Crippen molar-refractivity contribution in [2.24, 2.45) is 17.6 Å². The number of nitrogens with zero attached hydrogens (tertiary/aromatic N) is 1. The van der Waals surface area contributed by atoms with Crippen molar-refractivity contribution in [2.45, 2.75) is 51.0 Å². The third-order valence-electron chi connectivity index (χ3n) is 5.54. The van der Waals surface area contributed by atoms with E-state index in [2.05, 4.69) is 4.90 Å². The van der Waals surface area contributed by atoms with Crippen LogP contribution in [0.25, 0.3) is 0 Å². The second-order valence-electron chi connectivity index (χ2n) is 7.15. The van der Waals surface area contributed by atoms with Gasteiger partial charge in [-0.05, 0) is 81.9 Å². The fraction of sp³-hybridized carbons (Fsp3) is 0.722. The third kappa shape index (κ3) is 4.56. The highest BCUT2D eigenvalue weighted by Gasteiger charge is 2.28. The Morgan fingerprint density at radius 2 is 1.91 bits per heavy atom. The number of carbonyl (C=O) groups is 1. The summed E-state index contributed by atoms with van der Waals surface area (Å²) >= 11 is 7.57. The zero-order chi connectivity index (χ0) is 16.2. The highest BCUT2D eigenvalue weighted by Crippen LogP contribution is 2.30. The Bertz CT molecular complexity index is 517. The van der Waals surface area contributed by atoms with Gasteiger partial charge in [-0.15, -0.1) is 11.3 Å². The van der Waals surface area contributed by atoms with Crippen LogP contribution in [0.1, 0.15) is 54.6 Å². The molecule has 1 saturated heterocycles. The van der Waals surface area contributed by atoms with Crippen molar-refractivity contribution in [1.82, 2.24) is 4.90 Å². The molecule has 0 spiro atoms. The Balaban J connectivity index is 1.40. The lowest BCUT2D eigenvalue weighted by molar-refractivity contribution is 0.0837. The van der Waals surface area contributed by atoms with Gasteiger partial charge in [0.25, 0.3) is 0 Å². The average molecular weight is 355 g/mol. The van der Waals surface area contributed by atoms with Crippen molar-refractivity contribution in [3.63, 3.8) is 0 Å². The molecule has 1 aliphatic heterocycles. The van der Waals surface area contributed by atoms with Crippen LogP contribution in [-0.2, 0) is 0 Å². The Morgan fingerprint density at radius 3 is 2.52 bits per heavy atom. The lowest BCUT2D eigenvalue weighted by Gasteiger charge is -2.33. The molecule has 0 aromatic carbocycles. The molecule has 2 N–H and O–H groups in total. The minimum Gasteiger partial charge on any atom is -0.328 e. The van der Waals surface area contributed by atoms with Gasteiger partial charge >= 0.3 is 0 Å². The predicted molar refractivity (Wildman–Crippen MR) is 97.4 cm³/mol. The summed E-state index contributed by atoms with van der Waals surface area (Å²) in [6, 6.07) is 2.27. The van der Waals surface area contributed by atoms with Crippen LogP contribution in [0.4, 0.5) is 0 Å². The first-order chi connectivity index (χ1) is 11.1. The first-order valence-electron chi connectivity index (χ1n) is 8.88. The number of nitrogens with two attached hydrogens (primary N) is 1. The second-order valence-corrected chi connectivity index (χ2v) is 8.47. The Labute approximate surface area is 148 Å². The summed E-state index contributed by atoms with van der Waals surface area (Å²) in [6.45, 7) is 3.28. The van der Waals surface area contributed by atoms with Crippen molar-refractivity contribution in [3.8, 4) is 0 Å². The van der Waals surface area contributed by atoms with E-state index in [0.29, 0.717) is 11.1 Å². The first-order valence-corrected chi connectivity index (χ1v) is 10.1. The summed E-state index contributed by atoms with van der Waals surface area (Å²) < 4.78 is 0. The lowest BCUT2D eigenvalue weighted by Crippen LogP contribution is -2.37. The minimum atomic E-state index is 0.162. The molecule has 0 radical (unpaired) electrons. The highest BCUT2D eigenvalue weighted by molar-refractivity contribution is 7.12. The monoisotopic (exact) mass is 354 g/mol. The molecule has 1 saturated carbocycles. The molecule has 0 unspecified atom stereocenters. The number of likely N-dealkylation sites (tertiary alicyclic amines) is 1. The number of halogens is 1. The van der Waals surface area contributed by atoms with E-state index < -0.39 is 0 Å². The van der Waals surface area contributed by atoms with Gasteiger partial charge in [0.05, 0.1) is 9.90 Å². The lowest BCUT2D eigenvalue weighted by atomic mass is 9.84. The molecule has 1 aromatic heterocycles. The van der Waals surface area contributed by atoms with Crippen molar-refractivity contribution < 1.29 is 4.79 Å². The van der Waals surface area contributed by atoms with Gasteiger partial charge in [-0.1, -0.05) is 11.6 Å². The van der Waals surface area contributed by atoms with E-state index in [4.69, 9.17) is 17.3 Å². The summed E-state index contributed by atoms with van der Waals surface area (Å²) in [4.78, 5) is 15.8. The van der Waals surface area contributed by atoms with Crippen LogP contribution in [0, 0.1) is 11.8 Å². The molecule has 2 heterocycles. The van der Waals surface area contributed by atoms with Crippen LogP contribution in [0.2, 0.25) is 5.02 Å². The molecule has 3 nitrogen and oxygen atoms in total. The molecule has 1 aromatic rings. The van der Waals surface area contributed by atoms with Crippen LogP contribution >= 0.6 is 22.9 Å². The fourth-order valence-electron chi connectivity index (χ4n) is 3.92. The Hall–Kier alpha value is -0.420. The van der Waals surface area contributed by atoms with E-state index >= 15 is 0 Å². The summed E-state index contributed by atoms with van der Waals surface area (Å²) in [5.74, 6) is 1.28. The van der Waals surface area contributed by atoms with Crippen molar-refractivity contribution in [3.05, 3.63) is 21.3 Å². The zero-order valence-corrected chi connectivity index (χ0v) is 15.2. The molecule has 5 heteroatoms.